The zero-order valence-electron chi connectivity index (χ0n) is 13.7. The van der Waals surface area contributed by atoms with Crippen molar-refractivity contribution in [1.29, 1.82) is 0 Å². The van der Waals surface area contributed by atoms with E-state index in [9.17, 15) is 0 Å². The molecule has 1 aliphatic heterocycles. The summed E-state index contributed by atoms with van der Waals surface area (Å²) in [5.74, 6) is 1.18. The lowest BCUT2D eigenvalue weighted by atomic mass is 9.93. The normalized spacial score (nSPS) is 20.0. The minimum atomic E-state index is -0.403. The highest BCUT2D eigenvalue weighted by Gasteiger charge is 2.33. The molecule has 3 N–H and O–H groups in total. The van der Waals surface area contributed by atoms with Crippen molar-refractivity contribution in [3.63, 3.8) is 0 Å². The van der Waals surface area contributed by atoms with E-state index in [-0.39, 0.29) is 24.0 Å². The fraction of sp³-hybridized carbons (Fsp3) is 0.353. The Bertz CT molecular complexity index is 702. The van der Waals surface area contributed by atoms with Crippen LogP contribution in [0, 0.1) is 0 Å². The van der Waals surface area contributed by atoms with Gasteiger partial charge < -0.3 is 20.5 Å². The van der Waals surface area contributed by atoms with Gasteiger partial charge in [0, 0.05) is 17.0 Å². The smallest absolute Gasteiger partial charge is 0.193 e. The third-order valence-electron chi connectivity index (χ3n) is 3.98. The maximum Gasteiger partial charge on any atom is 0.193 e. The zero-order chi connectivity index (χ0) is 16.3. The van der Waals surface area contributed by atoms with Crippen molar-refractivity contribution in [2.24, 2.45) is 10.7 Å². The highest BCUT2D eigenvalue weighted by molar-refractivity contribution is 14.0. The van der Waals surface area contributed by atoms with Crippen LogP contribution in [-0.2, 0) is 16.8 Å². The quantitative estimate of drug-likeness (QED) is 0.417. The lowest BCUT2D eigenvalue weighted by Gasteiger charge is -2.33. The minimum Gasteiger partial charge on any atom is -0.497 e. The average molecular weight is 459 g/mol. The van der Waals surface area contributed by atoms with E-state index in [4.69, 9.17) is 15.2 Å². The molecule has 0 saturated heterocycles. The number of hydrogen-bond donors (Lipinski definition) is 2. The predicted octanol–water partition coefficient (Wildman–Crippen LogP) is 3.59. The number of nitrogens with one attached hydrogen (secondary N) is 1. The molecule has 0 bridgehead atoms. The van der Waals surface area contributed by atoms with Gasteiger partial charge in [0.25, 0.3) is 0 Å². The van der Waals surface area contributed by atoms with E-state index >= 15 is 0 Å². The van der Waals surface area contributed by atoms with Gasteiger partial charge in [-0.05, 0) is 48.2 Å². The average Bonchev–Trinajstić information content (AvgIpc) is 3.04. The SMILES string of the molecule is COc1ccc(NC(N)=NCC2(C)OCCc3sccc32)cc1.I. The van der Waals surface area contributed by atoms with Crippen molar-refractivity contribution in [1.82, 2.24) is 0 Å². The fourth-order valence-corrected chi connectivity index (χ4v) is 3.66. The van der Waals surface area contributed by atoms with Gasteiger partial charge in [-0.25, -0.2) is 4.99 Å². The number of fused-ring (bicyclic) bond motifs is 1. The molecule has 1 aromatic carbocycles. The summed E-state index contributed by atoms with van der Waals surface area (Å²) in [6.45, 7) is 3.29. The molecule has 0 fully saturated rings. The lowest BCUT2D eigenvalue weighted by Crippen LogP contribution is -2.36. The summed E-state index contributed by atoms with van der Waals surface area (Å²) in [5, 5.41) is 5.20. The van der Waals surface area contributed by atoms with E-state index in [0.717, 1.165) is 24.5 Å². The van der Waals surface area contributed by atoms with Crippen LogP contribution in [0.3, 0.4) is 0 Å². The van der Waals surface area contributed by atoms with E-state index in [1.807, 2.05) is 24.3 Å². The molecule has 0 saturated carbocycles. The van der Waals surface area contributed by atoms with Gasteiger partial charge in [0.05, 0.1) is 20.3 Å². The predicted molar refractivity (Wildman–Crippen MR) is 110 cm³/mol. The number of thiophene rings is 1. The van der Waals surface area contributed by atoms with Gasteiger partial charge in [-0.3, -0.25) is 0 Å². The molecule has 24 heavy (non-hydrogen) atoms. The lowest BCUT2D eigenvalue weighted by molar-refractivity contribution is -0.0374. The third kappa shape index (κ3) is 4.20. The maximum atomic E-state index is 6.00. The summed E-state index contributed by atoms with van der Waals surface area (Å²) < 4.78 is 11.1. The molecule has 0 spiro atoms. The summed E-state index contributed by atoms with van der Waals surface area (Å²) >= 11 is 1.78. The number of hydrogen-bond acceptors (Lipinski definition) is 4. The number of nitrogens with two attached hydrogens (primary N) is 1. The first-order valence-corrected chi connectivity index (χ1v) is 8.40. The topological polar surface area (TPSA) is 68.9 Å². The van der Waals surface area contributed by atoms with Crippen LogP contribution in [0.15, 0.2) is 40.7 Å². The number of ether oxygens (including phenoxy) is 2. The molecule has 3 rings (SSSR count). The monoisotopic (exact) mass is 459 g/mol. The van der Waals surface area contributed by atoms with Crippen molar-refractivity contribution in [3.05, 3.63) is 46.2 Å². The summed E-state index contributed by atoms with van der Waals surface area (Å²) in [7, 11) is 1.64. The Balaban J connectivity index is 0.00000208. The van der Waals surface area contributed by atoms with Crippen molar-refractivity contribution in [3.8, 4) is 5.75 Å². The molecule has 7 heteroatoms. The van der Waals surface area contributed by atoms with Crippen molar-refractivity contribution < 1.29 is 9.47 Å². The zero-order valence-corrected chi connectivity index (χ0v) is 16.9. The molecule has 2 aromatic rings. The number of aliphatic imine (C=N–C) groups is 1. The Morgan fingerprint density at radius 2 is 2.12 bits per heavy atom. The third-order valence-corrected chi connectivity index (χ3v) is 4.96. The second-order valence-electron chi connectivity index (χ2n) is 5.64. The van der Waals surface area contributed by atoms with Crippen molar-refractivity contribution in [2.45, 2.75) is 18.9 Å². The van der Waals surface area contributed by atoms with E-state index in [1.54, 1.807) is 18.4 Å². The number of benzene rings is 1. The second kappa shape index (κ2) is 8.17. The number of anilines is 1. The first-order chi connectivity index (χ1) is 11.1. The van der Waals surface area contributed by atoms with Gasteiger partial charge in [-0.1, -0.05) is 0 Å². The first-order valence-electron chi connectivity index (χ1n) is 7.52. The Labute approximate surface area is 163 Å². The fourth-order valence-electron chi connectivity index (χ4n) is 2.68. The molecule has 2 heterocycles. The minimum absolute atomic E-state index is 0. The Kier molecular flexibility index (Phi) is 6.47. The van der Waals surface area contributed by atoms with Crippen LogP contribution in [0.2, 0.25) is 0 Å². The summed E-state index contributed by atoms with van der Waals surface area (Å²) in [4.78, 5) is 5.85. The standard InChI is InChI=1S/C17H21N3O2S.HI/c1-17(14-8-10-23-15(14)7-9-22-17)11-19-16(18)20-12-3-5-13(21-2)6-4-12;/h3-6,8,10H,7,9,11H2,1-2H3,(H3,18,19,20);1H. The van der Waals surface area contributed by atoms with Gasteiger partial charge in [-0.15, -0.1) is 35.3 Å². The van der Waals surface area contributed by atoms with Crippen LogP contribution in [0.1, 0.15) is 17.4 Å². The molecule has 1 aliphatic rings. The number of halogens is 1. The highest BCUT2D eigenvalue weighted by Crippen LogP contribution is 2.36. The van der Waals surface area contributed by atoms with Crippen LogP contribution in [-0.4, -0.2) is 26.2 Å². The van der Waals surface area contributed by atoms with E-state index in [1.165, 1.54) is 10.4 Å². The molecule has 5 nitrogen and oxygen atoms in total. The molecule has 0 aliphatic carbocycles. The van der Waals surface area contributed by atoms with Crippen LogP contribution >= 0.6 is 35.3 Å². The molecule has 0 radical (unpaired) electrons. The Morgan fingerprint density at radius 3 is 2.83 bits per heavy atom. The van der Waals surface area contributed by atoms with Crippen molar-refractivity contribution >= 4 is 47.0 Å². The molecular formula is C17H22IN3O2S. The van der Waals surface area contributed by atoms with Gasteiger partial charge in [-0.2, -0.15) is 0 Å². The Morgan fingerprint density at radius 1 is 1.38 bits per heavy atom. The number of rotatable bonds is 4. The van der Waals surface area contributed by atoms with E-state index < -0.39 is 5.60 Å². The van der Waals surface area contributed by atoms with Crippen molar-refractivity contribution in [2.75, 3.05) is 25.6 Å². The van der Waals surface area contributed by atoms with Crippen LogP contribution in [0.25, 0.3) is 0 Å². The van der Waals surface area contributed by atoms with Gasteiger partial charge in [0.1, 0.15) is 11.4 Å². The number of nitrogens with zero attached hydrogens (tertiary/aromatic N) is 1. The molecule has 1 unspecified atom stereocenters. The van der Waals surface area contributed by atoms with Gasteiger partial charge in [0.2, 0.25) is 0 Å². The largest absolute Gasteiger partial charge is 0.497 e. The molecular weight excluding hydrogens is 437 g/mol. The van der Waals surface area contributed by atoms with Crippen LogP contribution in [0.4, 0.5) is 5.69 Å². The van der Waals surface area contributed by atoms with Crippen LogP contribution in [0.5, 0.6) is 5.75 Å². The molecule has 1 atom stereocenters. The second-order valence-corrected chi connectivity index (χ2v) is 6.64. The summed E-state index contributed by atoms with van der Waals surface area (Å²) in [5.41, 5.74) is 7.70. The van der Waals surface area contributed by atoms with Crippen LogP contribution < -0.4 is 15.8 Å². The summed E-state index contributed by atoms with van der Waals surface area (Å²) in [6, 6.07) is 9.67. The molecule has 1 aromatic heterocycles. The highest BCUT2D eigenvalue weighted by atomic mass is 127. The maximum absolute atomic E-state index is 6.00. The van der Waals surface area contributed by atoms with Gasteiger partial charge >= 0.3 is 0 Å². The molecule has 130 valence electrons. The van der Waals surface area contributed by atoms with Gasteiger partial charge in [0.15, 0.2) is 5.96 Å². The van der Waals surface area contributed by atoms with E-state index in [2.05, 4.69) is 28.7 Å². The summed E-state index contributed by atoms with van der Waals surface area (Å²) in [6.07, 6.45) is 0.978. The van der Waals surface area contributed by atoms with E-state index in [0.29, 0.717) is 12.5 Å². The first kappa shape index (κ1) is 19.0. The Hall–Kier alpha value is -1.32. The molecule has 0 amide bonds. The number of guanidine groups is 1. The number of methoxy groups -OCH3 is 1.